The molecule has 348 valence electrons. The van der Waals surface area contributed by atoms with Crippen molar-refractivity contribution in [1.82, 2.24) is 4.90 Å². The zero-order valence-electron chi connectivity index (χ0n) is 37.0. The molecule has 4 aromatic rings. The smallest absolute Gasteiger partial charge is 0.410 e. The van der Waals surface area contributed by atoms with Gasteiger partial charge in [0.1, 0.15) is 42.0 Å². The number of non-ortho nitro benzene ring substituents is 1. The molecule has 1 heterocycles. The van der Waals surface area contributed by atoms with Crippen molar-refractivity contribution in [3.63, 3.8) is 0 Å². The standard InChI is InChI=1S/C51H56FN3O11/c1-3-26-63-51-47(54(50(59)62-4-2)31-34-14-18-38(52)19-15-34)30-45(53-64-33-35-16-20-39(21-17-35)55(60)61)43-28-37(11-5-7-24-56)42(13-6-8-25-57)48(49(43)51)44-29-41(22-23-46(44)66-51)65-40-12-9-10-36(27-40)32-58/h3,9-10,12,14-23,27-29,32,37,42,47-49,56-57H,1,4-8,11,13,24-26,30-31,33H2,2H3/t37-,42+,47-,48+,49+,51+/m0/s1. The maximum Gasteiger partial charge on any atom is 0.410 e. The number of aliphatic hydroxyl groups is 2. The van der Waals surface area contributed by atoms with Gasteiger partial charge in [-0.2, -0.15) is 0 Å². The molecule has 0 unspecified atom stereocenters. The number of carbonyl (C=O) groups is 2. The van der Waals surface area contributed by atoms with E-state index >= 15 is 0 Å². The molecule has 15 heteroatoms. The van der Waals surface area contributed by atoms with E-state index in [-0.39, 0.29) is 69.4 Å². The van der Waals surface area contributed by atoms with E-state index in [0.717, 1.165) is 30.3 Å². The molecule has 0 saturated heterocycles. The second-order valence-electron chi connectivity index (χ2n) is 16.7. The molecule has 2 N–H and O–H groups in total. The number of nitrogens with zero attached hydrogens (tertiary/aromatic N) is 3. The Bertz CT molecular complexity index is 2390. The number of fused-ring (bicyclic) bond motifs is 2. The van der Waals surface area contributed by atoms with E-state index in [9.17, 15) is 34.3 Å². The Morgan fingerprint density at radius 1 is 0.985 bits per heavy atom. The molecule has 7 rings (SSSR count). The highest BCUT2D eigenvalue weighted by Gasteiger charge is 2.65. The van der Waals surface area contributed by atoms with Crippen LogP contribution in [0.3, 0.4) is 0 Å². The Balaban J connectivity index is 1.44. The number of benzene rings is 4. The van der Waals surface area contributed by atoms with E-state index in [0.29, 0.717) is 65.3 Å². The van der Waals surface area contributed by atoms with Crippen molar-refractivity contribution in [3.8, 4) is 17.2 Å². The van der Waals surface area contributed by atoms with Crippen LogP contribution in [0.25, 0.3) is 0 Å². The predicted octanol–water partition coefficient (Wildman–Crippen LogP) is 9.83. The molecule has 3 aliphatic rings. The number of amides is 1. The van der Waals surface area contributed by atoms with E-state index in [1.54, 1.807) is 72.5 Å². The monoisotopic (exact) mass is 905 g/mol. The molecule has 0 bridgehead atoms. The van der Waals surface area contributed by atoms with Crippen molar-refractivity contribution in [3.05, 3.63) is 153 Å². The van der Waals surface area contributed by atoms with Gasteiger partial charge in [-0.05, 0) is 116 Å². The van der Waals surface area contributed by atoms with Gasteiger partial charge in [-0.15, -0.1) is 6.58 Å². The quantitative estimate of drug-likeness (QED) is 0.0252. The van der Waals surface area contributed by atoms with Crippen molar-refractivity contribution in [2.24, 2.45) is 22.9 Å². The molecule has 4 aromatic carbocycles. The average molecular weight is 906 g/mol. The Morgan fingerprint density at radius 2 is 1.71 bits per heavy atom. The highest BCUT2D eigenvalue weighted by molar-refractivity contribution is 6.03. The summed E-state index contributed by atoms with van der Waals surface area (Å²) in [6, 6.07) is 23.4. The third kappa shape index (κ3) is 10.6. The predicted molar refractivity (Wildman–Crippen MR) is 244 cm³/mol. The summed E-state index contributed by atoms with van der Waals surface area (Å²) >= 11 is 0. The minimum absolute atomic E-state index is 0.0110. The number of halogens is 1. The molecular weight excluding hydrogens is 850 g/mol. The topological polar surface area (TPSA) is 179 Å². The lowest BCUT2D eigenvalue weighted by molar-refractivity contribution is -0.384. The summed E-state index contributed by atoms with van der Waals surface area (Å²) in [7, 11) is 0. The SMILES string of the molecule is C=CCO[C@@]12Oc3ccc(Oc4cccc(C=O)c4)cc3[C@H]3[C@H](CCCCO)[C@@H](CCCCO)C=C(C(=NOCc4ccc([N+](=O)[O-])cc4)C[C@@H]1N(Cc1ccc(F)cc1)C(=O)OCC)[C@H]32. The Labute approximate surface area is 383 Å². The first-order chi connectivity index (χ1) is 32.1. The summed E-state index contributed by atoms with van der Waals surface area (Å²) in [5.74, 6) is -1.74. The van der Waals surface area contributed by atoms with Crippen LogP contribution in [0.1, 0.15) is 84.8 Å². The zero-order chi connectivity index (χ0) is 46.6. The Hall–Kier alpha value is -6.42. The minimum atomic E-state index is -1.60. The molecule has 1 saturated carbocycles. The number of oxime groups is 1. The molecule has 14 nitrogen and oxygen atoms in total. The van der Waals surface area contributed by atoms with Gasteiger partial charge in [-0.1, -0.05) is 54.4 Å². The fraction of sp³-hybridized carbons (Fsp3) is 0.392. The number of carbonyl (C=O) groups excluding carboxylic acids is 2. The summed E-state index contributed by atoms with van der Waals surface area (Å²) < 4.78 is 40.8. The highest BCUT2D eigenvalue weighted by atomic mass is 19.1. The maximum atomic E-state index is 14.5. The van der Waals surface area contributed by atoms with E-state index in [1.807, 2.05) is 12.1 Å². The number of aliphatic hydroxyl groups excluding tert-OH is 2. The van der Waals surface area contributed by atoms with Crippen LogP contribution >= 0.6 is 0 Å². The van der Waals surface area contributed by atoms with Crippen molar-refractivity contribution in [1.29, 1.82) is 0 Å². The normalized spacial score (nSPS) is 22.2. The number of unbranched alkanes of at least 4 members (excludes halogenated alkanes) is 2. The lowest BCUT2D eigenvalue weighted by Crippen LogP contribution is -2.70. The van der Waals surface area contributed by atoms with Crippen LogP contribution in [-0.4, -0.2) is 76.4 Å². The lowest BCUT2D eigenvalue weighted by atomic mass is 9.55. The van der Waals surface area contributed by atoms with Crippen LogP contribution in [0, 0.1) is 33.7 Å². The fourth-order valence-electron chi connectivity index (χ4n) is 9.69. The molecule has 6 atom stereocenters. The third-order valence-electron chi connectivity index (χ3n) is 12.6. The van der Waals surface area contributed by atoms with E-state index in [2.05, 4.69) is 12.7 Å². The van der Waals surface area contributed by atoms with Gasteiger partial charge in [0.15, 0.2) is 0 Å². The molecule has 1 fully saturated rings. The third-order valence-corrected chi connectivity index (χ3v) is 12.6. The highest BCUT2D eigenvalue weighted by Crippen LogP contribution is 2.62. The number of aldehydes is 1. The van der Waals surface area contributed by atoms with Crippen LogP contribution < -0.4 is 9.47 Å². The summed E-state index contributed by atoms with van der Waals surface area (Å²) in [5.41, 5.74) is 3.80. The summed E-state index contributed by atoms with van der Waals surface area (Å²) in [6.07, 6.45) is 8.03. The molecule has 66 heavy (non-hydrogen) atoms. The molecule has 0 aromatic heterocycles. The van der Waals surface area contributed by atoms with Gasteiger partial charge < -0.3 is 34.0 Å². The van der Waals surface area contributed by atoms with Gasteiger partial charge in [0, 0.05) is 55.4 Å². The van der Waals surface area contributed by atoms with Gasteiger partial charge in [0.2, 0.25) is 5.79 Å². The van der Waals surface area contributed by atoms with E-state index < -0.39 is 34.6 Å². The van der Waals surface area contributed by atoms with Crippen LogP contribution in [0.5, 0.6) is 17.2 Å². The van der Waals surface area contributed by atoms with Crippen molar-refractivity contribution in [2.75, 3.05) is 26.4 Å². The molecule has 1 aliphatic heterocycles. The molecule has 2 aliphatic carbocycles. The van der Waals surface area contributed by atoms with Gasteiger partial charge >= 0.3 is 6.09 Å². The van der Waals surface area contributed by atoms with E-state index in [4.69, 9.17) is 28.9 Å². The number of hydrogen-bond donors (Lipinski definition) is 2. The van der Waals surface area contributed by atoms with Gasteiger partial charge in [-0.3, -0.25) is 19.8 Å². The average Bonchev–Trinajstić information content (AvgIpc) is 3.32. The molecule has 0 radical (unpaired) electrons. The van der Waals surface area contributed by atoms with Gasteiger partial charge in [0.25, 0.3) is 5.69 Å². The first kappa shape index (κ1) is 47.5. The van der Waals surface area contributed by atoms with Crippen LogP contribution in [0.15, 0.2) is 120 Å². The number of nitro groups is 1. The van der Waals surface area contributed by atoms with Crippen molar-refractivity contribution < 1.29 is 52.9 Å². The van der Waals surface area contributed by atoms with Crippen LogP contribution in [-0.2, 0) is 27.5 Å². The van der Waals surface area contributed by atoms with Crippen LogP contribution in [0.4, 0.5) is 14.9 Å². The summed E-state index contributed by atoms with van der Waals surface area (Å²) in [5, 5.41) is 36.1. The number of allylic oxidation sites excluding steroid dienone is 1. The first-order valence-corrected chi connectivity index (χ1v) is 22.5. The number of nitro benzene ring substituents is 1. The zero-order valence-corrected chi connectivity index (χ0v) is 37.0. The van der Waals surface area contributed by atoms with Crippen LogP contribution in [0.2, 0.25) is 0 Å². The van der Waals surface area contributed by atoms with Crippen molar-refractivity contribution in [2.45, 2.75) is 82.8 Å². The number of hydrogen-bond acceptors (Lipinski definition) is 12. The maximum absolute atomic E-state index is 14.5. The fourth-order valence-corrected chi connectivity index (χ4v) is 9.69. The second-order valence-corrected chi connectivity index (χ2v) is 16.7. The summed E-state index contributed by atoms with van der Waals surface area (Å²) in [6.45, 7) is 5.82. The Morgan fingerprint density at radius 3 is 2.41 bits per heavy atom. The number of rotatable bonds is 22. The molecule has 0 spiro atoms. The van der Waals surface area contributed by atoms with Gasteiger partial charge in [-0.25, -0.2) is 9.18 Å². The largest absolute Gasteiger partial charge is 0.459 e. The summed E-state index contributed by atoms with van der Waals surface area (Å²) in [4.78, 5) is 44.7. The second kappa shape index (κ2) is 22.2. The Kier molecular flexibility index (Phi) is 16.0. The van der Waals surface area contributed by atoms with E-state index in [1.165, 1.54) is 24.3 Å². The number of ether oxygens (including phenoxy) is 4. The van der Waals surface area contributed by atoms with Crippen molar-refractivity contribution >= 4 is 23.8 Å². The molecule has 1 amide bonds. The van der Waals surface area contributed by atoms with Gasteiger partial charge in [0.05, 0.1) is 29.8 Å². The first-order valence-electron chi connectivity index (χ1n) is 22.5. The lowest BCUT2D eigenvalue weighted by Gasteiger charge is -2.59. The molecular formula is C51H56FN3O11. The minimum Gasteiger partial charge on any atom is -0.459 e.